The molecule has 2 amide bonds. The van der Waals surface area contributed by atoms with Gasteiger partial charge in [-0.15, -0.1) is 11.8 Å². The zero-order chi connectivity index (χ0) is 18.2. The number of benzene rings is 1. The molecule has 1 fully saturated rings. The van der Waals surface area contributed by atoms with Crippen LogP contribution in [0.1, 0.15) is 45.6 Å². The summed E-state index contributed by atoms with van der Waals surface area (Å²) in [5, 5.41) is 0.559. The molecule has 5 heteroatoms. The van der Waals surface area contributed by atoms with Crippen molar-refractivity contribution in [2.24, 2.45) is 0 Å². The molecule has 1 saturated heterocycles. The highest BCUT2D eigenvalue weighted by Crippen LogP contribution is 2.23. The molecule has 2 rings (SSSR count). The molecule has 4 nitrogen and oxygen atoms in total. The first-order chi connectivity index (χ1) is 12.0. The minimum atomic E-state index is 0.157. The van der Waals surface area contributed by atoms with E-state index < -0.39 is 0 Å². The molecule has 0 atom stereocenters. The standard InChI is InChI=1S/C20H30N2O2S/c1-4-5-6-19(23)21-11-13-22(14-12-21)20(24)15-17-7-9-18(10-8-17)25-16(2)3/h7-10,16H,4-6,11-15H2,1-3H3. The van der Waals surface area contributed by atoms with Gasteiger partial charge in [-0.3, -0.25) is 9.59 Å². The predicted octanol–water partition coefficient (Wildman–Crippen LogP) is 3.59. The van der Waals surface area contributed by atoms with E-state index in [1.165, 1.54) is 4.90 Å². The highest BCUT2D eigenvalue weighted by Gasteiger charge is 2.23. The van der Waals surface area contributed by atoms with E-state index in [-0.39, 0.29) is 11.8 Å². The number of amides is 2. The van der Waals surface area contributed by atoms with Gasteiger partial charge in [0, 0.05) is 42.7 Å². The first-order valence-electron chi connectivity index (χ1n) is 9.30. The van der Waals surface area contributed by atoms with Gasteiger partial charge in [0.1, 0.15) is 0 Å². The average Bonchev–Trinajstić information content (AvgIpc) is 2.61. The summed E-state index contributed by atoms with van der Waals surface area (Å²) in [5.74, 6) is 0.386. The minimum absolute atomic E-state index is 0.157. The van der Waals surface area contributed by atoms with Gasteiger partial charge in [0.15, 0.2) is 0 Å². The van der Waals surface area contributed by atoms with E-state index in [0.29, 0.717) is 44.3 Å². The van der Waals surface area contributed by atoms with E-state index in [0.717, 1.165) is 18.4 Å². The molecule has 0 spiro atoms. The van der Waals surface area contributed by atoms with Gasteiger partial charge in [-0.05, 0) is 24.1 Å². The maximum Gasteiger partial charge on any atom is 0.227 e. The number of nitrogens with zero attached hydrogens (tertiary/aromatic N) is 2. The second kappa shape index (κ2) is 9.85. The first kappa shape index (κ1) is 19.8. The van der Waals surface area contributed by atoms with Crippen LogP contribution in [0.2, 0.25) is 0 Å². The van der Waals surface area contributed by atoms with Crippen LogP contribution in [0.5, 0.6) is 0 Å². The van der Waals surface area contributed by atoms with E-state index in [1.807, 2.05) is 33.7 Å². The van der Waals surface area contributed by atoms with E-state index in [9.17, 15) is 9.59 Å². The molecule has 0 aliphatic carbocycles. The number of piperazine rings is 1. The average molecular weight is 363 g/mol. The fraction of sp³-hybridized carbons (Fsp3) is 0.600. The lowest BCUT2D eigenvalue weighted by atomic mass is 10.1. The largest absolute Gasteiger partial charge is 0.339 e. The van der Waals surface area contributed by atoms with Gasteiger partial charge in [-0.25, -0.2) is 0 Å². The molecule has 1 heterocycles. The van der Waals surface area contributed by atoms with Crippen LogP contribution in [0.4, 0.5) is 0 Å². The second-order valence-corrected chi connectivity index (χ2v) is 8.50. The van der Waals surface area contributed by atoms with Crippen molar-refractivity contribution in [3.63, 3.8) is 0 Å². The Bertz CT molecular complexity index is 564. The molecule has 25 heavy (non-hydrogen) atoms. The molecule has 0 unspecified atom stereocenters. The van der Waals surface area contributed by atoms with Gasteiger partial charge < -0.3 is 9.80 Å². The Hall–Kier alpha value is -1.49. The fourth-order valence-corrected chi connectivity index (χ4v) is 3.77. The molecule has 0 aromatic heterocycles. The van der Waals surface area contributed by atoms with Crippen LogP contribution in [0, 0.1) is 0 Å². The van der Waals surface area contributed by atoms with Gasteiger partial charge in [-0.2, -0.15) is 0 Å². The predicted molar refractivity (Wildman–Crippen MR) is 104 cm³/mol. The summed E-state index contributed by atoms with van der Waals surface area (Å²) >= 11 is 1.83. The molecule has 1 aromatic carbocycles. The summed E-state index contributed by atoms with van der Waals surface area (Å²) in [6, 6.07) is 8.29. The van der Waals surface area contributed by atoms with E-state index in [2.05, 4.69) is 32.9 Å². The Morgan fingerprint density at radius 3 is 2.08 bits per heavy atom. The zero-order valence-electron chi connectivity index (χ0n) is 15.7. The van der Waals surface area contributed by atoms with Crippen LogP contribution < -0.4 is 0 Å². The summed E-state index contributed by atoms with van der Waals surface area (Å²) in [6.07, 6.45) is 3.06. The molecular formula is C20H30N2O2S. The van der Waals surface area contributed by atoms with Crippen molar-refractivity contribution in [3.8, 4) is 0 Å². The van der Waals surface area contributed by atoms with E-state index in [1.54, 1.807) is 0 Å². The van der Waals surface area contributed by atoms with Gasteiger partial charge >= 0.3 is 0 Å². The van der Waals surface area contributed by atoms with Gasteiger partial charge in [0.2, 0.25) is 11.8 Å². The van der Waals surface area contributed by atoms with Gasteiger partial charge in [0.05, 0.1) is 6.42 Å². The zero-order valence-corrected chi connectivity index (χ0v) is 16.5. The Kier molecular flexibility index (Phi) is 7.82. The lowest BCUT2D eigenvalue weighted by Gasteiger charge is -2.35. The third kappa shape index (κ3) is 6.38. The maximum atomic E-state index is 12.5. The van der Waals surface area contributed by atoms with Gasteiger partial charge in [-0.1, -0.05) is 39.3 Å². The molecule has 1 aliphatic heterocycles. The number of carbonyl (C=O) groups excluding carboxylic acids is 2. The van der Waals surface area contributed by atoms with Crippen molar-refractivity contribution in [1.29, 1.82) is 0 Å². The highest BCUT2D eigenvalue weighted by atomic mass is 32.2. The molecule has 1 aromatic rings. The number of hydrogen-bond acceptors (Lipinski definition) is 3. The van der Waals surface area contributed by atoms with Crippen LogP contribution in [-0.4, -0.2) is 53.0 Å². The first-order valence-corrected chi connectivity index (χ1v) is 10.2. The Labute approximate surface area is 156 Å². The summed E-state index contributed by atoms with van der Waals surface area (Å²) in [4.78, 5) is 29.6. The molecule has 0 radical (unpaired) electrons. The smallest absolute Gasteiger partial charge is 0.227 e. The number of carbonyl (C=O) groups is 2. The Balaban J connectivity index is 1.79. The van der Waals surface area contributed by atoms with Crippen LogP contribution >= 0.6 is 11.8 Å². The molecule has 0 N–H and O–H groups in total. The maximum absolute atomic E-state index is 12.5. The molecular weight excluding hydrogens is 332 g/mol. The second-order valence-electron chi connectivity index (χ2n) is 6.85. The van der Waals surface area contributed by atoms with Crippen molar-refractivity contribution in [2.75, 3.05) is 26.2 Å². The summed E-state index contributed by atoms with van der Waals surface area (Å²) in [6.45, 7) is 9.08. The third-order valence-corrected chi connectivity index (χ3v) is 5.40. The topological polar surface area (TPSA) is 40.6 Å². The molecule has 0 bridgehead atoms. The Morgan fingerprint density at radius 2 is 1.56 bits per heavy atom. The summed E-state index contributed by atoms with van der Waals surface area (Å²) in [7, 11) is 0. The van der Waals surface area contributed by atoms with Crippen molar-refractivity contribution in [2.45, 2.75) is 56.6 Å². The molecule has 0 saturated carbocycles. The van der Waals surface area contributed by atoms with Crippen molar-refractivity contribution in [3.05, 3.63) is 29.8 Å². The lowest BCUT2D eigenvalue weighted by Crippen LogP contribution is -2.50. The normalized spacial score (nSPS) is 14.9. The van der Waals surface area contributed by atoms with Crippen molar-refractivity contribution >= 4 is 23.6 Å². The highest BCUT2D eigenvalue weighted by molar-refractivity contribution is 7.99. The van der Waals surface area contributed by atoms with E-state index in [4.69, 9.17) is 0 Å². The number of hydrogen-bond donors (Lipinski definition) is 0. The van der Waals surface area contributed by atoms with Crippen LogP contribution in [0.25, 0.3) is 0 Å². The van der Waals surface area contributed by atoms with Crippen molar-refractivity contribution < 1.29 is 9.59 Å². The van der Waals surface area contributed by atoms with Crippen LogP contribution in [-0.2, 0) is 16.0 Å². The van der Waals surface area contributed by atoms with Crippen LogP contribution in [0.15, 0.2) is 29.2 Å². The summed E-state index contributed by atoms with van der Waals surface area (Å²) in [5.41, 5.74) is 1.06. The molecule has 1 aliphatic rings. The number of thioether (sulfide) groups is 1. The van der Waals surface area contributed by atoms with Gasteiger partial charge in [0.25, 0.3) is 0 Å². The minimum Gasteiger partial charge on any atom is -0.339 e. The number of rotatable bonds is 7. The number of unbranched alkanes of at least 4 members (excludes halogenated alkanes) is 1. The Morgan fingerprint density at radius 1 is 1.00 bits per heavy atom. The summed E-state index contributed by atoms with van der Waals surface area (Å²) < 4.78 is 0. The van der Waals surface area contributed by atoms with E-state index >= 15 is 0 Å². The fourth-order valence-electron chi connectivity index (χ4n) is 2.94. The monoisotopic (exact) mass is 362 g/mol. The van der Waals surface area contributed by atoms with Crippen molar-refractivity contribution in [1.82, 2.24) is 9.80 Å². The van der Waals surface area contributed by atoms with Crippen LogP contribution in [0.3, 0.4) is 0 Å². The SMILES string of the molecule is CCCCC(=O)N1CCN(C(=O)Cc2ccc(SC(C)C)cc2)CC1. The lowest BCUT2D eigenvalue weighted by molar-refractivity contribution is -0.139. The quantitative estimate of drug-likeness (QED) is 0.696. The third-order valence-electron chi connectivity index (χ3n) is 4.38. The molecule has 138 valence electrons.